The average molecular weight is 338 g/mol. The molecule has 6 nitrogen and oxygen atoms in total. The molecule has 2 N–H and O–H groups in total. The number of hydrogen-bond donors (Lipinski definition) is 2. The summed E-state index contributed by atoms with van der Waals surface area (Å²) in [5.74, 6) is 0.716. The van der Waals surface area contributed by atoms with E-state index in [1.54, 1.807) is 10.9 Å². The molecule has 6 heteroatoms. The van der Waals surface area contributed by atoms with Crippen molar-refractivity contribution in [3.8, 4) is 17.0 Å². The predicted molar refractivity (Wildman–Crippen MR) is 97.3 cm³/mol. The van der Waals surface area contributed by atoms with E-state index in [1.807, 2.05) is 56.7 Å². The molecule has 130 valence electrons. The van der Waals surface area contributed by atoms with Crippen LogP contribution < -0.4 is 10.1 Å². The van der Waals surface area contributed by atoms with Crippen molar-refractivity contribution in [3.05, 3.63) is 60.0 Å². The minimum Gasteiger partial charge on any atom is -0.494 e. The third-order valence-electron chi connectivity index (χ3n) is 3.85. The summed E-state index contributed by atoms with van der Waals surface area (Å²) in [5, 5.41) is 17.5. The number of nitrogens with one attached hydrogen (secondary N) is 1. The van der Waals surface area contributed by atoms with Crippen molar-refractivity contribution in [1.29, 1.82) is 0 Å². The Morgan fingerprint density at radius 2 is 2.12 bits per heavy atom. The standard InChI is InChI=1S/C19H22N4O2/c1-3-25-18-7-6-17(9-15(18)13-24)21-11-16-12-23(2)22-19(16)14-5-4-8-20-10-14/h4-10,12,21,24H,3,11,13H2,1-2H3. The molecule has 0 aliphatic heterocycles. The zero-order valence-electron chi connectivity index (χ0n) is 14.4. The first-order chi connectivity index (χ1) is 12.2. The van der Waals surface area contributed by atoms with Crippen molar-refractivity contribution in [2.24, 2.45) is 7.05 Å². The lowest BCUT2D eigenvalue weighted by Gasteiger charge is -2.12. The van der Waals surface area contributed by atoms with Gasteiger partial charge in [0.25, 0.3) is 0 Å². The molecule has 0 fully saturated rings. The van der Waals surface area contributed by atoms with Gasteiger partial charge in [0, 0.05) is 54.6 Å². The number of nitrogens with zero attached hydrogens (tertiary/aromatic N) is 3. The van der Waals surface area contributed by atoms with Gasteiger partial charge in [-0.15, -0.1) is 0 Å². The lowest BCUT2D eigenvalue weighted by atomic mass is 10.1. The number of aliphatic hydroxyl groups excluding tert-OH is 1. The molecule has 0 spiro atoms. The Balaban J connectivity index is 1.78. The van der Waals surface area contributed by atoms with Crippen LogP contribution in [0.1, 0.15) is 18.1 Å². The quantitative estimate of drug-likeness (QED) is 0.693. The fraction of sp³-hybridized carbons (Fsp3) is 0.263. The molecular weight excluding hydrogens is 316 g/mol. The number of ether oxygens (including phenoxy) is 1. The summed E-state index contributed by atoms with van der Waals surface area (Å²) in [5.41, 5.74) is 4.67. The van der Waals surface area contributed by atoms with Crippen molar-refractivity contribution < 1.29 is 9.84 Å². The number of aromatic nitrogens is 3. The van der Waals surface area contributed by atoms with E-state index in [0.29, 0.717) is 18.9 Å². The van der Waals surface area contributed by atoms with Crippen LogP contribution >= 0.6 is 0 Å². The minimum atomic E-state index is -0.0569. The Morgan fingerprint density at radius 1 is 1.24 bits per heavy atom. The maximum Gasteiger partial charge on any atom is 0.124 e. The molecule has 0 aliphatic rings. The molecule has 0 atom stereocenters. The molecule has 0 saturated carbocycles. The van der Waals surface area contributed by atoms with Gasteiger partial charge < -0.3 is 15.2 Å². The van der Waals surface area contributed by atoms with Gasteiger partial charge in [0.2, 0.25) is 0 Å². The first-order valence-electron chi connectivity index (χ1n) is 8.24. The Morgan fingerprint density at radius 3 is 2.84 bits per heavy atom. The van der Waals surface area contributed by atoms with Crippen LogP contribution in [-0.4, -0.2) is 26.5 Å². The maximum atomic E-state index is 9.52. The van der Waals surface area contributed by atoms with Gasteiger partial charge in [-0.1, -0.05) is 0 Å². The van der Waals surface area contributed by atoms with Crippen molar-refractivity contribution >= 4 is 5.69 Å². The molecule has 1 aromatic carbocycles. The molecule has 0 radical (unpaired) electrons. The number of aryl methyl sites for hydroxylation is 1. The third-order valence-corrected chi connectivity index (χ3v) is 3.85. The fourth-order valence-electron chi connectivity index (χ4n) is 2.72. The number of rotatable bonds is 7. The molecule has 0 saturated heterocycles. The number of benzene rings is 1. The summed E-state index contributed by atoms with van der Waals surface area (Å²) in [6.45, 7) is 3.06. The molecule has 2 heterocycles. The first-order valence-corrected chi connectivity index (χ1v) is 8.24. The third kappa shape index (κ3) is 3.97. The van der Waals surface area contributed by atoms with Crippen LogP contribution in [0, 0.1) is 0 Å². The number of pyridine rings is 1. The molecule has 0 unspecified atom stereocenters. The van der Waals surface area contributed by atoms with Gasteiger partial charge in [-0.25, -0.2) is 0 Å². The predicted octanol–water partition coefficient (Wildman–Crippen LogP) is 2.99. The topological polar surface area (TPSA) is 72.2 Å². The lowest BCUT2D eigenvalue weighted by molar-refractivity contribution is 0.267. The van der Waals surface area contributed by atoms with Crippen molar-refractivity contribution in [3.63, 3.8) is 0 Å². The van der Waals surface area contributed by atoms with Crippen molar-refractivity contribution in [2.45, 2.75) is 20.1 Å². The van der Waals surface area contributed by atoms with Crippen LogP contribution in [0.15, 0.2) is 48.9 Å². The highest BCUT2D eigenvalue weighted by Gasteiger charge is 2.11. The first kappa shape index (κ1) is 17.0. The SMILES string of the molecule is CCOc1ccc(NCc2cn(C)nc2-c2cccnc2)cc1CO. The van der Waals surface area contributed by atoms with E-state index in [1.165, 1.54) is 0 Å². The van der Waals surface area contributed by atoms with E-state index >= 15 is 0 Å². The monoisotopic (exact) mass is 338 g/mol. The van der Waals surface area contributed by atoms with E-state index in [9.17, 15) is 5.11 Å². The summed E-state index contributed by atoms with van der Waals surface area (Å²) in [6, 6.07) is 9.64. The molecule has 0 amide bonds. The molecular formula is C19H22N4O2. The number of aliphatic hydroxyl groups is 1. The minimum absolute atomic E-state index is 0.0569. The summed E-state index contributed by atoms with van der Waals surface area (Å²) >= 11 is 0. The van der Waals surface area contributed by atoms with Crippen LogP contribution in [0.2, 0.25) is 0 Å². The fourth-order valence-corrected chi connectivity index (χ4v) is 2.72. The molecule has 25 heavy (non-hydrogen) atoms. The van der Waals surface area contributed by atoms with E-state index in [4.69, 9.17) is 4.74 Å². The number of anilines is 1. The Kier molecular flexibility index (Phi) is 5.30. The average Bonchev–Trinajstić information content (AvgIpc) is 3.02. The molecule has 0 bridgehead atoms. The maximum absolute atomic E-state index is 9.52. The van der Waals surface area contributed by atoms with Crippen LogP contribution in [0.25, 0.3) is 11.3 Å². The molecule has 3 rings (SSSR count). The second-order valence-corrected chi connectivity index (χ2v) is 5.69. The van der Waals surface area contributed by atoms with E-state index < -0.39 is 0 Å². The molecule has 3 aromatic rings. The Hall–Kier alpha value is -2.86. The van der Waals surface area contributed by atoms with Gasteiger partial charge in [-0.2, -0.15) is 5.10 Å². The van der Waals surface area contributed by atoms with E-state index in [2.05, 4.69) is 15.4 Å². The zero-order valence-corrected chi connectivity index (χ0v) is 14.4. The Bertz CT molecular complexity index is 831. The smallest absolute Gasteiger partial charge is 0.124 e. The second-order valence-electron chi connectivity index (χ2n) is 5.69. The van der Waals surface area contributed by atoms with Gasteiger partial charge in [-0.05, 0) is 37.3 Å². The van der Waals surface area contributed by atoms with Crippen molar-refractivity contribution in [1.82, 2.24) is 14.8 Å². The zero-order chi connectivity index (χ0) is 17.6. The summed E-state index contributed by atoms with van der Waals surface area (Å²) < 4.78 is 7.32. The van der Waals surface area contributed by atoms with E-state index in [0.717, 1.165) is 28.1 Å². The van der Waals surface area contributed by atoms with Crippen LogP contribution in [0.3, 0.4) is 0 Å². The van der Waals surface area contributed by atoms with Gasteiger partial charge >= 0.3 is 0 Å². The van der Waals surface area contributed by atoms with Crippen LogP contribution in [-0.2, 0) is 20.2 Å². The normalized spacial score (nSPS) is 10.7. The second kappa shape index (κ2) is 7.81. The highest BCUT2D eigenvalue weighted by molar-refractivity contribution is 5.62. The summed E-state index contributed by atoms with van der Waals surface area (Å²) in [7, 11) is 1.91. The molecule has 0 aliphatic carbocycles. The van der Waals surface area contributed by atoms with Crippen molar-refractivity contribution in [2.75, 3.05) is 11.9 Å². The van der Waals surface area contributed by atoms with Gasteiger partial charge in [0.05, 0.1) is 18.9 Å². The Labute approximate surface area is 147 Å². The van der Waals surface area contributed by atoms with E-state index in [-0.39, 0.29) is 6.61 Å². The number of hydrogen-bond acceptors (Lipinski definition) is 5. The largest absolute Gasteiger partial charge is 0.494 e. The van der Waals surface area contributed by atoms with Crippen LogP contribution in [0.4, 0.5) is 5.69 Å². The van der Waals surface area contributed by atoms with Gasteiger partial charge in [0.1, 0.15) is 5.75 Å². The highest BCUT2D eigenvalue weighted by atomic mass is 16.5. The lowest BCUT2D eigenvalue weighted by Crippen LogP contribution is -2.02. The van der Waals surface area contributed by atoms with Gasteiger partial charge in [0.15, 0.2) is 0 Å². The van der Waals surface area contributed by atoms with Crippen LogP contribution in [0.5, 0.6) is 5.75 Å². The summed E-state index contributed by atoms with van der Waals surface area (Å²) in [6.07, 6.45) is 5.56. The van der Waals surface area contributed by atoms with Gasteiger partial charge in [-0.3, -0.25) is 9.67 Å². The molecule has 2 aromatic heterocycles. The highest BCUT2D eigenvalue weighted by Crippen LogP contribution is 2.25. The summed E-state index contributed by atoms with van der Waals surface area (Å²) in [4.78, 5) is 4.17.